The SMILES string of the molecule is CC.CC(=O)C1CC2(C1)CC(N1CCN(C(=O)CC(C)C)CC1)C2. The molecule has 0 atom stereocenters. The summed E-state index contributed by atoms with van der Waals surface area (Å²) >= 11 is 0. The monoisotopic (exact) mass is 336 g/mol. The highest BCUT2D eigenvalue weighted by molar-refractivity contribution is 5.79. The van der Waals surface area contributed by atoms with Gasteiger partial charge in [-0.2, -0.15) is 0 Å². The van der Waals surface area contributed by atoms with Gasteiger partial charge in [-0.25, -0.2) is 0 Å². The minimum absolute atomic E-state index is 0.322. The maximum absolute atomic E-state index is 12.1. The molecule has 0 unspecified atom stereocenters. The number of amides is 1. The van der Waals surface area contributed by atoms with Gasteiger partial charge in [-0.15, -0.1) is 0 Å². The van der Waals surface area contributed by atoms with Crippen molar-refractivity contribution in [3.8, 4) is 0 Å². The molecule has 1 heterocycles. The third kappa shape index (κ3) is 4.19. The van der Waals surface area contributed by atoms with E-state index in [0.29, 0.717) is 41.4 Å². The number of carbonyl (C=O) groups is 2. The van der Waals surface area contributed by atoms with Crippen LogP contribution < -0.4 is 0 Å². The molecule has 1 aliphatic heterocycles. The predicted octanol–water partition coefficient (Wildman–Crippen LogP) is 3.35. The number of ketones is 1. The van der Waals surface area contributed by atoms with Crippen LogP contribution in [0.25, 0.3) is 0 Å². The van der Waals surface area contributed by atoms with Gasteiger partial charge in [0.1, 0.15) is 5.78 Å². The summed E-state index contributed by atoms with van der Waals surface area (Å²) in [5.74, 6) is 1.51. The molecule has 1 saturated heterocycles. The average Bonchev–Trinajstić information content (AvgIpc) is 2.46. The van der Waals surface area contributed by atoms with E-state index in [1.807, 2.05) is 18.7 Å². The minimum atomic E-state index is 0.322. The zero-order chi connectivity index (χ0) is 17.9. The van der Waals surface area contributed by atoms with Crippen LogP contribution in [-0.2, 0) is 9.59 Å². The smallest absolute Gasteiger partial charge is 0.222 e. The Balaban J connectivity index is 0.00000100. The molecule has 2 saturated carbocycles. The number of piperazine rings is 1. The van der Waals surface area contributed by atoms with E-state index in [1.165, 1.54) is 12.8 Å². The number of Topliss-reactive ketones (excluding diaryl/α,β-unsaturated/α-hetero) is 1. The van der Waals surface area contributed by atoms with Crippen LogP contribution in [0.15, 0.2) is 0 Å². The summed E-state index contributed by atoms with van der Waals surface area (Å²) in [7, 11) is 0. The second kappa shape index (κ2) is 7.99. The fraction of sp³-hybridized carbons (Fsp3) is 0.900. The molecule has 0 radical (unpaired) electrons. The van der Waals surface area contributed by atoms with Crippen LogP contribution in [0.5, 0.6) is 0 Å². The Labute approximate surface area is 148 Å². The lowest BCUT2D eigenvalue weighted by Gasteiger charge is -2.60. The van der Waals surface area contributed by atoms with Crippen molar-refractivity contribution in [2.24, 2.45) is 17.3 Å². The summed E-state index contributed by atoms with van der Waals surface area (Å²) in [4.78, 5) is 28.1. The Morgan fingerprint density at radius 3 is 2.00 bits per heavy atom. The van der Waals surface area contributed by atoms with Gasteiger partial charge in [0, 0.05) is 44.6 Å². The maximum Gasteiger partial charge on any atom is 0.222 e. The average molecular weight is 337 g/mol. The highest BCUT2D eigenvalue weighted by Gasteiger charge is 2.55. The van der Waals surface area contributed by atoms with E-state index >= 15 is 0 Å². The second-order valence-electron chi connectivity index (χ2n) is 8.29. The molecule has 24 heavy (non-hydrogen) atoms. The van der Waals surface area contributed by atoms with E-state index in [0.717, 1.165) is 39.0 Å². The molecule has 3 rings (SSSR count). The van der Waals surface area contributed by atoms with Crippen molar-refractivity contribution in [1.29, 1.82) is 0 Å². The van der Waals surface area contributed by atoms with E-state index < -0.39 is 0 Å². The zero-order valence-corrected chi connectivity index (χ0v) is 16.3. The van der Waals surface area contributed by atoms with Gasteiger partial charge in [-0.1, -0.05) is 27.7 Å². The molecule has 0 aromatic rings. The molecule has 2 aliphatic carbocycles. The number of nitrogens with zero attached hydrogens (tertiary/aromatic N) is 2. The first-order valence-electron chi connectivity index (χ1n) is 9.91. The van der Waals surface area contributed by atoms with Crippen molar-refractivity contribution in [3.63, 3.8) is 0 Å². The molecule has 3 aliphatic rings. The molecule has 0 aromatic heterocycles. The Kier molecular flexibility index (Phi) is 6.46. The van der Waals surface area contributed by atoms with Crippen molar-refractivity contribution in [3.05, 3.63) is 0 Å². The van der Waals surface area contributed by atoms with Gasteiger partial charge < -0.3 is 4.90 Å². The largest absolute Gasteiger partial charge is 0.340 e. The third-order valence-corrected chi connectivity index (χ3v) is 6.04. The van der Waals surface area contributed by atoms with Gasteiger partial charge >= 0.3 is 0 Å². The summed E-state index contributed by atoms with van der Waals surface area (Å²) < 4.78 is 0. The maximum atomic E-state index is 12.1. The van der Waals surface area contributed by atoms with Gasteiger partial charge in [-0.05, 0) is 43.9 Å². The van der Waals surface area contributed by atoms with E-state index in [1.54, 1.807) is 6.92 Å². The van der Waals surface area contributed by atoms with Gasteiger partial charge in [0.2, 0.25) is 5.91 Å². The third-order valence-electron chi connectivity index (χ3n) is 6.04. The first-order valence-corrected chi connectivity index (χ1v) is 9.91. The molecule has 1 spiro atoms. The van der Waals surface area contributed by atoms with Gasteiger partial charge in [-0.3, -0.25) is 14.5 Å². The molecular formula is C20H36N2O2. The van der Waals surface area contributed by atoms with Crippen LogP contribution in [0.2, 0.25) is 0 Å². The van der Waals surface area contributed by atoms with Crippen LogP contribution in [0.1, 0.15) is 66.7 Å². The van der Waals surface area contributed by atoms with E-state index in [4.69, 9.17) is 0 Å². The van der Waals surface area contributed by atoms with E-state index in [9.17, 15) is 9.59 Å². The first kappa shape index (κ1) is 19.4. The number of rotatable bonds is 4. The van der Waals surface area contributed by atoms with Crippen LogP contribution in [-0.4, -0.2) is 53.7 Å². The van der Waals surface area contributed by atoms with Gasteiger partial charge in [0.05, 0.1) is 0 Å². The highest BCUT2D eigenvalue weighted by atomic mass is 16.2. The molecule has 4 heteroatoms. The summed E-state index contributed by atoms with van der Waals surface area (Å²) in [6, 6.07) is 0.704. The summed E-state index contributed by atoms with van der Waals surface area (Å²) in [5.41, 5.74) is 0.506. The standard InChI is InChI=1S/C18H30N2O2.C2H6/c1-13(2)8-17(22)20-6-4-19(5-7-20)16-11-18(12-16)9-15(10-18)14(3)21;1-2/h13,15-16H,4-12H2,1-3H3;1-2H3. The lowest BCUT2D eigenvalue weighted by atomic mass is 9.49. The topological polar surface area (TPSA) is 40.6 Å². The molecule has 0 N–H and O–H groups in total. The Bertz CT molecular complexity index is 439. The normalized spacial score (nSPS) is 32.7. The van der Waals surface area contributed by atoms with Crippen LogP contribution >= 0.6 is 0 Å². The molecule has 138 valence electrons. The lowest BCUT2D eigenvalue weighted by Crippen LogP contribution is -2.61. The van der Waals surface area contributed by atoms with Crippen molar-refractivity contribution < 1.29 is 9.59 Å². The lowest BCUT2D eigenvalue weighted by molar-refractivity contribution is -0.142. The number of carbonyl (C=O) groups excluding carboxylic acids is 2. The highest BCUT2D eigenvalue weighted by Crippen LogP contribution is 2.60. The van der Waals surface area contributed by atoms with Crippen molar-refractivity contribution in [2.45, 2.75) is 72.8 Å². The predicted molar refractivity (Wildman–Crippen MR) is 97.8 cm³/mol. The minimum Gasteiger partial charge on any atom is -0.340 e. The van der Waals surface area contributed by atoms with Crippen molar-refractivity contribution in [1.82, 2.24) is 9.80 Å². The molecule has 4 nitrogen and oxygen atoms in total. The van der Waals surface area contributed by atoms with Gasteiger partial charge in [0.15, 0.2) is 0 Å². The molecular weight excluding hydrogens is 300 g/mol. The molecule has 1 amide bonds. The van der Waals surface area contributed by atoms with E-state index in [2.05, 4.69) is 18.7 Å². The van der Waals surface area contributed by atoms with Crippen molar-refractivity contribution >= 4 is 11.7 Å². The summed E-state index contributed by atoms with van der Waals surface area (Å²) in [6.07, 6.45) is 5.49. The van der Waals surface area contributed by atoms with Crippen molar-refractivity contribution in [2.75, 3.05) is 26.2 Å². The Morgan fingerprint density at radius 2 is 1.54 bits per heavy atom. The summed E-state index contributed by atoms with van der Waals surface area (Å²) in [5, 5.41) is 0. The quantitative estimate of drug-likeness (QED) is 0.790. The Morgan fingerprint density at radius 1 is 1.00 bits per heavy atom. The van der Waals surface area contributed by atoms with Crippen LogP contribution in [0.3, 0.4) is 0 Å². The number of hydrogen-bond donors (Lipinski definition) is 0. The first-order chi connectivity index (χ1) is 11.4. The fourth-order valence-electron chi connectivity index (χ4n) is 4.62. The van der Waals surface area contributed by atoms with Crippen LogP contribution in [0, 0.1) is 17.3 Å². The fourth-order valence-corrected chi connectivity index (χ4v) is 4.62. The summed E-state index contributed by atoms with van der Waals surface area (Å²) in [6.45, 7) is 13.8. The Hall–Kier alpha value is -0.900. The van der Waals surface area contributed by atoms with E-state index in [-0.39, 0.29) is 0 Å². The second-order valence-corrected chi connectivity index (χ2v) is 8.29. The molecule has 3 fully saturated rings. The van der Waals surface area contributed by atoms with Gasteiger partial charge in [0.25, 0.3) is 0 Å². The molecule has 0 aromatic carbocycles. The van der Waals surface area contributed by atoms with Crippen LogP contribution in [0.4, 0.5) is 0 Å². The zero-order valence-electron chi connectivity index (χ0n) is 16.3. The molecule has 0 bridgehead atoms. The number of hydrogen-bond acceptors (Lipinski definition) is 3.